The van der Waals surface area contributed by atoms with Crippen LogP contribution in [0.3, 0.4) is 0 Å². The van der Waals surface area contributed by atoms with Crippen molar-refractivity contribution in [2.75, 3.05) is 33.4 Å². The first kappa shape index (κ1) is 16.8. The van der Waals surface area contributed by atoms with Gasteiger partial charge in [0.2, 0.25) is 0 Å². The molecule has 0 aliphatic carbocycles. The standard InChI is InChI=1S/C17H26N2O3/c1-12-7-15(10-19-6-5-18-14(3)9-19)8-13(2)17(12)22-11-16(20)21-4/h7-8,14,18H,5-6,9-11H2,1-4H3/t14-/m0/s1. The van der Waals surface area contributed by atoms with E-state index in [4.69, 9.17) is 4.74 Å². The Labute approximate surface area is 132 Å². The normalized spacial score (nSPS) is 19.0. The molecule has 1 N–H and O–H groups in total. The molecule has 1 aliphatic heterocycles. The van der Waals surface area contributed by atoms with Crippen molar-refractivity contribution >= 4 is 5.97 Å². The molecule has 22 heavy (non-hydrogen) atoms. The van der Waals surface area contributed by atoms with Crippen LogP contribution in [-0.4, -0.2) is 50.3 Å². The third-order valence-corrected chi connectivity index (χ3v) is 3.94. The van der Waals surface area contributed by atoms with Crippen LogP contribution in [0.15, 0.2) is 12.1 Å². The van der Waals surface area contributed by atoms with Gasteiger partial charge in [-0.1, -0.05) is 12.1 Å². The van der Waals surface area contributed by atoms with Gasteiger partial charge in [0.25, 0.3) is 0 Å². The number of methoxy groups -OCH3 is 1. The molecular weight excluding hydrogens is 280 g/mol. The fourth-order valence-electron chi connectivity index (χ4n) is 2.96. The Morgan fingerprint density at radius 2 is 2.05 bits per heavy atom. The lowest BCUT2D eigenvalue weighted by Crippen LogP contribution is -2.48. The van der Waals surface area contributed by atoms with Gasteiger partial charge in [0.15, 0.2) is 6.61 Å². The van der Waals surface area contributed by atoms with Crippen LogP contribution in [0.5, 0.6) is 5.75 Å². The highest BCUT2D eigenvalue weighted by molar-refractivity contribution is 5.71. The zero-order valence-electron chi connectivity index (χ0n) is 13.9. The Balaban J connectivity index is 2.03. The predicted octanol–water partition coefficient (Wildman–Crippen LogP) is 1.65. The van der Waals surface area contributed by atoms with E-state index in [-0.39, 0.29) is 12.6 Å². The van der Waals surface area contributed by atoms with Crippen LogP contribution in [0.25, 0.3) is 0 Å². The lowest BCUT2D eigenvalue weighted by molar-refractivity contribution is -0.142. The summed E-state index contributed by atoms with van der Waals surface area (Å²) in [6, 6.07) is 4.83. The van der Waals surface area contributed by atoms with Gasteiger partial charge in [-0.15, -0.1) is 0 Å². The maximum absolute atomic E-state index is 11.2. The first-order chi connectivity index (χ1) is 10.5. The average molecular weight is 306 g/mol. The lowest BCUT2D eigenvalue weighted by Gasteiger charge is -2.32. The summed E-state index contributed by atoms with van der Waals surface area (Å²) in [5.41, 5.74) is 3.40. The van der Waals surface area contributed by atoms with Crippen molar-refractivity contribution < 1.29 is 14.3 Å². The van der Waals surface area contributed by atoms with Crippen LogP contribution in [0.4, 0.5) is 0 Å². The molecule has 0 saturated carbocycles. The van der Waals surface area contributed by atoms with E-state index in [1.54, 1.807) is 0 Å². The zero-order chi connectivity index (χ0) is 16.1. The van der Waals surface area contributed by atoms with E-state index in [0.717, 1.165) is 43.1 Å². The van der Waals surface area contributed by atoms with Crippen LogP contribution >= 0.6 is 0 Å². The van der Waals surface area contributed by atoms with Gasteiger partial charge in [-0.25, -0.2) is 4.79 Å². The van der Waals surface area contributed by atoms with Crippen LogP contribution in [0.1, 0.15) is 23.6 Å². The highest BCUT2D eigenvalue weighted by Gasteiger charge is 2.16. The Bertz CT molecular complexity index is 508. The molecule has 5 nitrogen and oxygen atoms in total. The van der Waals surface area contributed by atoms with Crippen molar-refractivity contribution in [2.24, 2.45) is 0 Å². The third kappa shape index (κ3) is 4.45. The number of aryl methyl sites for hydroxylation is 2. The molecule has 1 aliphatic rings. The Kier molecular flexibility index (Phi) is 5.80. The van der Waals surface area contributed by atoms with E-state index in [1.807, 2.05) is 13.8 Å². The molecule has 1 atom stereocenters. The van der Waals surface area contributed by atoms with Crippen molar-refractivity contribution in [3.05, 3.63) is 28.8 Å². The molecule has 1 fully saturated rings. The maximum atomic E-state index is 11.2. The first-order valence-electron chi connectivity index (χ1n) is 7.75. The summed E-state index contributed by atoms with van der Waals surface area (Å²) in [5.74, 6) is 0.417. The monoisotopic (exact) mass is 306 g/mol. The summed E-state index contributed by atoms with van der Waals surface area (Å²) < 4.78 is 10.2. The van der Waals surface area contributed by atoms with E-state index in [2.05, 4.69) is 34.0 Å². The maximum Gasteiger partial charge on any atom is 0.343 e. The summed E-state index contributed by atoms with van der Waals surface area (Å²) in [6.07, 6.45) is 0. The van der Waals surface area contributed by atoms with E-state index < -0.39 is 0 Å². The van der Waals surface area contributed by atoms with Crippen LogP contribution in [-0.2, 0) is 16.1 Å². The van der Waals surface area contributed by atoms with Gasteiger partial charge in [-0.2, -0.15) is 0 Å². The Morgan fingerprint density at radius 1 is 1.36 bits per heavy atom. The van der Waals surface area contributed by atoms with Gasteiger partial charge in [-0.05, 0) is 37.5 Å². The van der Waals surface area contributed by atoms with Crippen molar-refractivity contribution in [1.82, 2.24) is 10.2 Å². The molecule has 5 heteroatoms. The summed E-state index contributed by atoms with van der Waals surface area (Å²) >= 11 is 0. The summed E-state index contributed by atoms with van der Waals surface area (Å²) in [7, 11) is 1.36. The fraction of sp³-hybridized carbons (Fsp3) is 0.588. The van der Waals surface area contributed by atoms with Crippen molar-refractivity contribution in [3.8, 4) is 5.75 Å². The smallest absolute Gasteiger partial charge is 0.343 e. The topological polar surface area (TPSA) is 50.8 Å². The minimum absolute atomic E-state index is 0.0488. The van der Waals surface area contributed by atoms with Crippen LogP contribution in [0.2, 0.25) is 0 Å². The van der Waals surface area contributed by atoms with Crippen molar-refractivity contribution in [1.29, 1.82) is 0 Å². The molecule has 0 bridgehead atoms. The lowest BCUT2D eigenvalue weighted by atomic mass is 10.0. The van der Waals surface area contributed by atoms with E-state index in [1.165, 1.54) is 12.7 Å². The van der Waals surface area contributed by atoms with E-state index >= 15 is 0 Å². The van der Waals surface area contributed by atoms with Crippen LogP contribution < -0.4 is 10.1 Å². The van der Waals surface area contributed by atoms with Gasteiger partial charge in [0.05, 0.1) is 7.11 Å². The van der Waals surface area contributed by atoms with Gasteiger partial charge in [0.1, 0.15) is 5.75 Å². The second kappa shape index (κ2) is 7.61. The average Bonchev–Trinajstić information content (AvgIpc) is 2.46. The number of carbonyl (C=O) groups is 1. The SMILES string of the molecule is COC(=O)COc1c(C)cc(CN2CCN[C@@H](C)C2)cc1C. The van der Waals surface area contributed by atoms with E-state index in [0.29, 0.717) is 6.04 Å². The molecule has 2 rings (SSSR count). The molecule has 122 valence electrons. The molecule has 0 spiro atoms. The molecule has 1 heterocycles. The number of hydrogen-bond acceptors (Lipinski definition) is 5. The van der Waals surface area contributed by atoms with Gasteiger partial charge >= 0.3 is 5.97 Å². The van der Waals surface area contributed by atoms with Gasteiger partial charge in [0, 0.05) is 32.2 Å². The van der Waals surface area contributed by atoms with Crippen LogP contribution in [0, 0.1) is 13.8 Å². The quantitative estimate of drug-likeness (QED) is 0.838. The molecular formula is C17H26N2O3. The molecule has 1 aromatic carbocycles. The summed E-state index contributed by atoms with van der Waals surface area (Å²) in [6.45, 7) is 10.3. The molecule has 0 amide bonds. The van der Waals surface area contributed by atoms with E-state index in [9.17, 15) is 4.79 Å². The highest BCUT2D eigenvalue weighted by Crippen LogP contribution is 2.25. The number of ether oxygens (including phenoxy) is 2. The third-order valence-electron chi connectivity index (χ3n) is 3.94. The number of piperazine rings is 1. The predicted molar refractivity (Wildman–Crippen MR) is 86.2 cm³/mol. The Hall–Kier alpha value is -1.59. The second-order valence-electron chi connectivity index (χ2n) is 6.01. The second-order valence-corrected chi connectivity index (χ2v) is 6.01. The zero-order valence-corrected chi connectivity index (χ0v) is 13.9. The van der Waals surface area contributed by atoms with Gasteiger partial charge < -0.3 is 14.8 Å². The number of esters is 1. The highest BCUT2D eigenvalue weighted by atomic mass is 16.6. The molecule has 0 radical (unpaired) electrons. The summed E-state index contributed by atoms with van der Waals surface area (Å²) in [4.78, 5) is 13.7. The van der Waals surface area contributed by atoms with Crippen molar-refractivity contribution in [2.45, 2.75) is 33.4 Å². The Morgan fingerprint density at radius 3 is 2.64 bits per heavy atom. The molecule has 1 aromatic rings. The summed E-state index contributed by atoms with van der Waals surface area (Å²) in [5, 5.41) is 3.46. The number of nitrogens with one attached hydrogen (secondary N) is 1. The number of nitrogens with zero attached hydrogens (tertiary/aromatic N) is 1. The number of benzene rings is 1. The number of carbonyl (C=O) groups excluding carboxylic acids is 1. The largest absolute Gasteiger partial charge is 0.481 e. The number of rotatable bonds is 5. The molecule has 0 aromatic heterocycles. The fourth-order valence-corrected chi connectivity index (χ4v) is 2.96. The first-order valence-corrected chi connectivity index (χ1v) is 7.75. The minimum Gasteiger partial charge on any atom is -0.481 e. The molecule has 1 saturated heterocycles. The number of hydrogen-bond donors (Lipinski definition) is 1. The van der Waals surface area contributed by atoms with Gasteiger partial charge in [-0.3, -0.25) is 4.90 Å². The minimum atomic E-state index is -0.363. The molecule has 0 unspecified atom stereocenters. The van der Waals surface area contributed by atoms with Crippen molar-refractivity contribution in [3.63, 3.8) is 0 Å².